The van der Waals surface area contributed by atoms with Crippen LogP contribution in [-0.4, -0.2) is 28.9 Å². The van der Waals surface area contributed by atoms with Crippen molar-refractivity contribution in [2.45, 2.75) is 48.5 Å². The second-order valence-corrected chi connectivity index (χ2v) is 4.69. The SMILES string of the molecule is CC(C)=NC(=N[C-](C)C)C(C)(C)C.[Al+3].[CH3-].[CH3-]. The van der Waals surface area contributed by atoms with Crippen molar-refractivity contribution in [3.8, 4) is 0 Å². The van der Waals surface area contributed by atoms with Gasteiger partial charge in [0, 0.05) is 0 Å². The largest absolute Gasteiger partial charge is 3.00 e. The Bertz CT molecular complexity index is 219. The topological polar surface area (TPSA) is 24.7 Å². The number of hydrogen-bond acceptors (Lipinski definition) is 1. The van der Waals surface area contributed by atoms with Gasteiger partial charge in [0.25, 0.3) is 0 Å². The van der Waals surface area contributed by atoms with Crippen LogP contribution in [0.25, 0.3) is 0 Å². The van der Waals surface area contributed by atoms with E-state index in [1.54, 1.807) is 0 Å². The van der Waals surface area contributed by atoms with Gasteiger partial charge in [-0.3, -0.25) is 0 Å². The molecule has 16 heavy (non-hydrogen) atoms. The van der Waals surface area contributed by atoms with Gasteiger partial charge in [0.15, 0.2) is 0 Å². The molecule has 0 amide bonds. The molecule has 0 heterocycles. The van der Waals surface area contributed by atoms with E-state index in [0.29, 0.717) is 0 Å². The Hall–Kier alpha value is -0.258. The fraction of sp³-hybridized carbons (Fsp3) is 0.615. The molecule has 0 aromatic rings. The molecule has 2 nitrogen and oxygen atoms in total. The summed E-state index contributed by atoms with van der Waals surface area (Å²) in [7, 11) is 0. The van der Waals surface area contributed by atoms with Crippen LogP contribution in [-0.2, 0) is 0 Å². The summed E-state index contributed by atoms with van der Waals surface area (Å²) >= 11 is 0. The quantitative estimate of drug-likeness (QED) is 0.285. The number of amidine groups is 1. The molecule has 0 fully saturated rings. The zero-order valence-electron chi connectivity index (χ0n) is 12.5. The van der Waals surface area contributed by atoms with Crippen LogP contribution in [0.15, 0.2) is 9.98 Å². The maximum atomic E-state index is 4.43. The van der Waals surface area contributed by atoms with Crippen LogP contribution < -0.4 is 0 Å². The first-order valence-electron chi connectivity index (χ1n) is 4.64. The van der Waals surface area contributed by atoms with Gasteiger partial charge in [-0.05, 0) is 30.8 Å². The molecule has 0 N–H and O–H groups in total. The monoisotopic (exact) mass is 238 g/mol. The molecule has 0 aromatic carbocycles. The van der Waals surface area contributed by atoms with E-state index in [0.717, 1.165) is 17.6 Å². The van der Waals surface area contributed by atoms with E-state index in [-0.39, 0.29) is 37.6 Å². The van der Waals surface area contributed by atoms with Gasteiger partial charge in [0.05, 0.1) is 0 Å². The van der Waals surface area contributed by atoms with Crippen LogP contribution in [0, 0.1) is 26.3 Å². The third kappa shape index (κ3) is 11.8. The first-order chi connectivity index (χ1) is 5.73. The molecule has 92 valence electrons. The van der Waals surface area contributed by atoms with Gasteiger partial charge >= 0.3 is 17.4 Å². The molecule has 0 rings (SSSR count). The van der Waals surface area contributed by atoms with Crippen molar-refractivity contribution >= 4 is 28.9 Å². The van der Waals surface area contributed by atoms with Crippen LogP contribution in [0.3, 0.4) is 0 Å². The molecule has 0 unspecified atom stereocenters. The molecule has 0 atom stereocenters. The molecule has 3 heteroatoms. The molecular weight excluding hydrogens is 211 g/mol. The minimum absolute atomic E-state index is 0. The molecule has 0 spiro atoms. The Morgan fingerprint density at radius 1 is 1.00 bits per heavy atom. The summed E-state index contributed by atoms with van der Waals surface area (Å²) in [6, 6.07) is 1.05. The summed E-state index contributed by atoms with van der Waals surface area (Å²) in [4.78, 5) is 8.87. The van der Waals surface area contributed by atoms with Crippen molar-refractivity contribution in [1.29, 1.82) is 0 Å². The first-order valence-corrected chi connectivity index (χ1v) is 4.64. The Morgan fingerprint density at radius 2 is 1.38 bits per heavy atom. The standard InChI is InChI=1S/C11H21N2.2CH3.Al/c1-8(2)12-10(11(5,6)7)13-9(3)4;;;/h1-7H3;2*1H3;/q3*-1;+3. The van der Waals surface area contributed by atoms with Gasteiger partial charge < -0.3 is 24.8 Å². The maximum Gasteiger partial charge on any atom is 3.00 e. The van der Waals surface area contributed by atoms with Crippen LogP contribution >= 0.6 is 0 Å². The molecule has 0 aliphatic carbocycles. The van der Waals surface area contributed by atoms with E-state index < -0.39 is 0 Å². The minimum atomic E-state index is 0. The van der Waals surface area contributed by atoms with Crippen molar-refractivity contribution in [3.63, 3.8) is 0 Å². The van der Waals surface area contributed by atoms with Crippen molar-refractivity contribution < 1.29 is 0 Å². The maximum absolute atomic E-state index is 4.43. The van der Waals surface area contributed by atoms with Gasteiger partial charge in [0.1, 0.15) is 0 Å². The molecular formula is C13H27AlN2. The predicted molar refractivity (Wildman–Crippen MR) is 78.8 cm³/mol. The van der Waals surface area contributed by atoms with E-state index in [1.165, 1.54) is 0 Å². The van der Waals surface area contributed by atoms with Crippen LogP contribution in [0.1, 0.15) is 48.5 Å². The molecule has 0 aliphatic rings. The van der Waals surface area contributed by atoms with E-state index in [2.05, 4.69) is 30.8 Å². The molecule has 0 aliphatic heterocycles. The van der Waals surface area contributed by atoms with Gasteiger partial charge in [0.2, 0.25) is 0 Å². The van der Waals surface area contributed by atoms with Gasteiger partial charge in [-0.15, -0.1) is 6.04 Å². The summed E-state index contributed by atoms with van der Waals surface area (Å²) in [6.45, 7) is 14.3. The predicted octanol–water partition coefficient (Wildman–Crippen LogP) is 4.00. The third-order valence-electron chi connectivity index (χ3n) is 1.33. The van der Waals surface area contributed by atoms with Crippen LogP contribution in [0.2, 0.25) is 0 Å². The summed E-state index contributed by atoms with van der Waals surface area (Å²) in [5.41, 5.74) is 1.07. The average Bonchev–Trinajstić information content (AvgIpc) is 1.81. The molecule has 0 aromatic heterocycles. The second-order valence-electron chi connectivity index (χ2n) is 4.69. The second kappa shape index (κ2) is 9.93. The summed E-state index contributed by atoms with van der Waals surface area (Å²) in [6.07, 6.45) is 0. The fourth-order valence-electron chi connectivity index (χ4n) is 0.784. The van der Waals surface area contributed by atoms with E-state index in [9.17, 15) is 0 Å². The van der Waals surface area contributed by atoms with Gasteiger partial charge in [-0.2, -0.15) is 0 Å². The van der Waals surface area contributed by atoms with Crippen LogP contribution in [0.5, 0.6) is 0 Å². The zero-order valence-corrected chi connectivity index (χ0v) is 13.6. The van der Waals surface area contributed by atoms with Gasteiger partial charge in [-0.25, -0.2) is 0 Å². The molecule has 0 radical (unpaired) electrons. The summed E-state index contributed by atoms with van der Waals surface area (Å²) in [5, 5.41) is 0. The smallest absolute Gasteiger partial charge is 0.431 e. The van der Waals surface area contributed by atoms with Crippen LogP contribution in [0.4, 0.5) is 0 Å². The number of aliphatic imine (C=N–C) groups is 2. The number of hydrogen-bond donors (Lipinski definition) is 0. The van der Waals surface area contributed by atoms with E-state index in [1.807, 2.05) is 27.7 Å². The van der Waals surface area contributed by atoms with Crippen molar-refractivity contribution in [3.05, 3.63) is 20.9 Å². The molecule has 0 saturated carbocycles. The number of rotatable bonds is 1. The van der Waals surface area contributed by atoms with Crippen molar-refractivity contribution in [2.75, 3.05) is 0 Å². The van der Waals surface area contributed by atoms with Crippen molar-refractivity contribution in [2.24, 2.45) is 15.4 Å². The van der Waals surface area contributed by atoms with E-state index >= 15 is 0 Å². The Kier molecular flexibility index (Phi) is 15.4. The normalized spacial score (nSPS) is 10.3. The molecule has 0 bridgehead atoms. The molecule has 0 saturated heterocycles. The average molecular weight is 238 g/mol. The first kappa shape index (κ1) is 24.8. The Balaban J connectivity index is -0.000000240. The minimum Gasteiger partial charge on any atom is -0.431 e. The summed E-state index contributed by atoms with van der Waals surface area (Å²) in [5.74, 6) is 0.910. The van der Waals surface area contributed by atoms with E-state index in [4.69, 9.17) is 0 Å². The zero-order chi connectivity index (χ0) is 10.6. The Labute approximate surface area is 114 Å². The fourth-order valence-corrected chi connectivity index (χ4v) is 0.784. The third-order valence-corrected chi connectivity index (χ3v) is 1.33. The summed E-state index contributed by atoms with van der Waals surface area (Å²) < 4.78 is 0. The Morgan fingerprint density at radius 3 is 1.56 bits per heavy atom. The number of nitrogens with zero attached hydrogens (tertiary/aromatic N) is 2. The van der Waals surface area contributed by atoms with Crippen molar-refractivity contribution in [1.82, 2.24) is 0 Å². The van der Waals surface area contributed by atoms with Gasteiger partial charge in [-0.1, -0.05) is 34.6 Å².